The molecule has 14 heavy (non-hydrogen) atoms. The Morgan fingerprint density at radius 3 is 2.79 bits per heavy atom. The van der Waals surface area contributed by atoms with Gasteiger partial charge < -0.3 is 0 Å². The van der Waals surface area contributed by atoms with Crippen molar-refractivity contribution in [1.29, 1.82) is 0 Å². The monoisotopic (exact) mass is 272 g/mol. The molecule has 2 heterocycles. The Morgan fingerprint density at radius 2 is 2.14 bits per heavy atom. The number of pyridine rings is 1. The van der Waals surface area contributed by atoms with Gasteiger partial charge in [0.25, 0.3) is 0 Å². The van der Waals surface area contributed by atoms with Crippen molar-refractivity contribution in [3.05, 3.63) is 33.8 Å². The minimum absolute atomic E-state index is 0.355. The number of nitrogens with zero attached hydrogens (tertiary/aromatic N) is 2. The van der Waals surface area contributed by atoms with Gasteiger partial charge in [0, 0.05) is 5.92 Å². The Balaban J connectivity index is 2.86. The highest BCUT2D eigenvalue weighted by atomic mass is 79.9. The first-order valence-electron chi connectivity index (χ1n) is 4.43. The molecule has 0 aromatic carbocycles. The molecule has 0 saturated heterocycles. The fourth-order valence-corrected chi connectivity index (χ4v) is 2.23. The summed E-state index contributed by atoms with van der Waals surface area (Å²) in [4.78, 5) is 4.35. The van der Waals surface area contributed by atoms with Crippen LogP contribution in [0.5, 0.6) is 0 Å². The van der Waals surface area contributed by atoms with Gasteiger partial charge in [0.15, 0.2) is 5.15 Å². The summed E-state index contributed by atoms with van der Waals surface area (Å²) in [7, 11) is 0. The number of imidazole rings is 1. The Labute approximate surface area is 96.0 Å². The second-order valence-corrected chi connectivity index (χ2v) is 4.66. The summed E-state index contributed by atoms with van der Waals surface area (Å²) in [5, 5.41) is 0.565. The standard InChI is InChI=1S/C10H10BrClN2/c1-6(2)10-13-9(12)7-4-3-5-8(11)14(7)10/h3-6H,1-2H3. The van der Waals surface area contributed by atoms with E-state index >= 15 is 0 Å². The Morgan fingerprint density at radius 1 is 1.43 bits per heavy atom. The number of hydrogen-bond acceptors (Lipinski definition) is 1. The van der Waals surface area contributed by atoms with Gasteiger partial charge in [0.05, 0.1) is 10.1 Å². The van der Waals surface area contributed by atoms with Crippen LogP contribution in [0.3, 0.4) is 0 Å². The second-order valence-electron chi connectivity index (χ2n) is 3.48. The number of aromatic nitrogens is 2. The third-order valence-corrected chi connectivity index (χ3v) is 3.01. The minimum atomic E-state index is 0.355. The molecule has 0 spiro atoms. The van der Waals surface area contributed by atoms with Crippen molar-refractivity contribution in [2.75, 3.05) is 0 Å². The Kier molecular flexibility index (Phi) is 2.54. The Bertz CT molecular complexity index is 476. The number of halogens is 2. The van der Waals surface area contributed by atoms with E-state index in [-0.39, 0.29) is 0 Å². The molecular weight excluding hydrogens is 263 g/mol. The van der Waals surface area contributed by atoms with Crippen LogP contribution in [0.15, 0.2) is 22.8 Å². The van der Waals surface area contributed by atoms with Gasteiger partial charge in [-0.25, -0.2) is 4.98 Å². The number of fused-ring (bicyclic) bond motifs is 1. The van der Waals surface area contributed by atoms with E-state index in [0.717, 1.165) is 15.9 Å². The highest BCUT2D eigenvalue weighted by Crippen LogP contribution is 2.26. The topological polar surface area (TPSA) is 17.3 Å². The molecule has 0 radical (unpaired) electrons. The molecule has 0 aliphatic carbocycles. The molecule has 2 rings (SSSR count). The van der Waals surface area contributed by atoms with Gasteiger partial charge in [0.2, 0.25) is 0 Å². The van der Waals surface area contributed by atoms with E-state index in [9.17, 15) is 0 Å². The van der Waals surface area contributed by atoms with Crippen molar-refractivity contribution in [2.24, 2.45) is 0 Å². The van der Waals surface area contributed by atoms with Crippen molar-refractivity contribution >= 4 is 33.0 Å². The van der Waals surface area contributed by atoms with Gasteiger partial charge in [-0.3, -0.25) is 4.40 Å². The van der Waals surface area contributed by atoms with Crippen LogP contribution >= 0.6 is 27.5 Å². The van der Waals surface area contributed by atoms with Gasteiger partial charge in [-0.2, -0.15) is 0 Å². The van der Waals surface area contributed by atoms with Crippen LogP contribution in [-0.4, -0.2) is 9.38 Å². The average molecular weight is 274 g/mol. The molecule has 0 bridgehead atoms. The summed E-state index contributed by atoms with van der Waals surface area (Å²) in [6.45, 7) is 4.20. The summed E-state index contributed by atoms with van der Waals surface area (Å²) in [6, 6.07) is 5.90. The fourth-order valence-electron chi connectivity index (χ4n) is 1.47. The highest BCUT2D eigenvalue weighted by molar-refractivity contribution is 9.10. The predicted molar refractivity (Wildman–Crippen MR) is 62.0 cm³/mol. The number of rotatable bonds is 1. The average Bonchev–Trinajstić information content (AvgIpc) is 2.46. The van der Waals surface area contributed by atoms with E-state index in [1.54, 1.807) is 0 Å². The maximum Gasteiger partial charge on any atom is 0.155 e. The summed E-state index contributed by atoms with van der Waals surface area (Å²) < 4.78 is 3.02. The minimum Gasteiger partial charge on any atom is -0.289 e. The molecule has 0 saturated carbocycles. The maximum absolute atomic E-state index is 6.04. The summed E-state index contributed by atoms with van der Waals surface area (Å²) in [6.07, 6.45) is 0. The van der Waals surface area contributed by atoms with Crippen LogP contribution in [0.1, 0.15) is 25.6 Å². The molecule has 74 valence electrons. The van der Waals surface area contributed by atoms with Gasteiger partial charge >= 0.3 is 0 Å². The number of hydrogen-bond donors (Lipinski definition) is 0. The van der Waals surface area contributed by atoms with Crippen molar-refractivity contribution < 1.29 is 0 Å². The first-order valence-corrected chi connectivity index (χ1v) is 5.60. The summed E-state index contributed by atoms with van der Waals surface area (Å²) in [5.41, 5.74) is 0.949. The van der Waals surface area contributed by atoms with E-state index in [4.69, 9.17) is 11.6 Å². The molecule has 0 aliphatic heterocycles. The van der Waals surface area contributed by atoms with E-state index in [1.165, 1.54) is 0 Å². The summed E-state index contributed by atoms with van der Waals surface area (Å²) in [5.74, 6) is 1.34. The molecule has 0 unspecified atom stereocenters. The lowest BCUT2D eigenvalue weighted by Crippen LogP contribution is -1.97. The highest BCUT2D eigenvalue weighted by Gasteiger charge is 2.13. The zero-order chi connectivity index (χ0) is 10.3. The van der Waals surface area contributed by atoms with E-state index < -0.39 is 0 Å². The van der Waals surface area contributed by atoms with Crippen LogP contribution in [0.25, 0.3) is 5.52 Å². The predicted octanol–water partition coefficient (Wildman–Crippen LogP) is 3.87. The SMILES string of the molecule is CC(C)c1nc(Cl)c2cccc(Br)n12. The molecule has 4 heteroatoms. The molecule has 0 amide bonds. The molecule has 2 nitrogen and oxygen atoms in total. The third kappa shape index (κ3) is 1.44. The molecule has 2 aromatic rings. The van der Waals surface area contributed by atoms with Crippen LogP contribution in [0, 0.1) is 0 Å². The van der Waals surface area contributed by atoms with Crippen molar-refractivity contribution in [3.8, 4) is 0 Å². The normalized spacial score (nSPS) is 11.5. The second kappa shape index (κ2) is 3.55. The Hall–Kier alpha value is -0.540. The van der Waals surface area contributed by atoms with Crippen LogP contribution in [-0.2, 0) is 0 Å². The van der Waals surface area contributed by atoms with E-state index in [1.807, 2.05) is 22.6 Å². The van der Waals surface area contributed by atoms with Gasteiger partial charge in [0.1, 0.15) is 5.82 Å². The van der Waals surface area contributed by atoms with Crippen molar-refractivity contribution in [3.63, 3.8) is 0 Å². The fraction of sp³-hybridized carbons (Fsp3) is 0.300. The van der Waals surface area contributed by atoms with E-state index in [0.29, 0.717) is 11.1 Å². The van der Waals surface area contributed by atoms with Crippen LogP contribution in [0.4, 0.5) is 0 Å². The first kappa shape index (κ1) is 9.99. The molecule has 0 fully saturated rings. The van der Waals surface area contributed by atoms with Crippen LogP contribution < -0.4 is 0 Å². The van der Waals surface area contributed by atoms with Gasteiger partial charge in [-0.15, -0.1) is 0 Å². The van der Waals surface area contributed by atoms with Crippen LogP contribution in [0.2, 0.25) is 5.15 Å². The van der Waals surface area contributed by atoms with Crippen molar-refractivity contribution in [1.82, 2.24) is 9.38 Å². The lowest BCUT2D eigenvalue weighted by Gasteiger charge is -2.05. The molecule has 2 aromatic heterocycles. The quantitative estimate of drug-likeness (QED) is 0.721. The third-order valence-electron chi connectivity index (χ3n) is 2.11. The van der Waals surface area contributed by atoms with E-state index in [2.05, 4.69) is 34.8 Å². The lowest BCUT2D eigenvalue weighted by molar-refractivity contribution is 0.765. The zero-order valence-electron chi connectivity index (χ0n) is 7.96. The maximum atomic E-state index is 6.04. The van der Waals surface area contributed by atoms with Gasteiger partial charge in [-0.05, 0) is 28.1 Å². The molecule has 0 N–H and O–H groups in total. The largest absolute Gasteiger partial charge is 0.289 e. The molecule has 0 aliphatic rings. The van der Waals surface area contributed by atoms with Crippen molar-refractivity contribution in [2.45, 2.75) is 19.8 Å². The lowest BCUT2D eigenvalue weighted by atomic mass is 10.2. The molecule has 0 atom stereocenters. The smallest absolute Gasteiger partial charge is 0.155 e. The first-order chi connectivity index (χ1) is 6.61. The molecular formula is C10H10BrClN2. The zero-order valence-corrected chi connectivity index (χ0v) is 10.3. The van der Waals surface area contributed by atoms with Gasteiger partial charge in [-0.1, -0.05) is 31.5 Å². The summed E-state index contributed by atoms with van der Waals surface area (Å²) >= 11 is 9.53.